The average Bonchev–Trinajstić information content (AvgIpc) is 2.86. The van der Waals surface area contributed by atoms with Crippen LogP contribution in [0.5, 0.6) is 5.75 Å². The first-order valence-corrected chi connectivity index (χ1v) is 12.3. The maximum atomic E-state index is 13.9. The predicted octanol–water partition coefficient (Wildman–Crippen LogP) is 0.784. The van der Waals surface area contributed by atoms with E-state index in [1.165, 1.54) is 31.1 Å². The third-order valence-corrected chi connectivity index (χ3v) is 7.97. The fourth-order valence-corrected chi connectivity index (χ4v) is 6.27. The highest BCUT2D eigenvalue weighted by atomic mass is 16.3. The van der Waals surface area contributed by atoms with E-state index in [1.807, 2.05) is 0 Å². The van der Waals surface area contributed by atoms with E-state index in [9.17, 15) is 39.6 Å². The Labute approximate surface area is 222 Å². The van der Waals surface area contributed by atoms with Crippen LogP contribution in [0.25, 0.3) is 5.76 Å². The summed E-state index contributed by atoms with van der Waals surface area (Å²) >= 11 is 0. The minimum absolute atomic E-state index is 0.0340. The number of amides is 1. The maximum absolute atomic E-state index is 13.9. The first-order chi connectivity index (χ1) is 18.4. The van der Waals surface area contributed by atoms with Crippen LogP contribution in [0.1, 0.15) is 33.6 Å². The number of phenols is 1. The molecular formula is C28H27N3O8. The summed E-state index contributed by atoms with van der Waals surface area (Å²) in [6.07, 6.45) is 1.50. The van der Waals surface area contributed by atoms with Crippen molar-refractivity contribution in [2.24, 2.45) is 17.6 Å². The Morgan fingerprint density at radius 3 is 2.46 bits per heavy atom. The Kier molecular flexibility index (Phi) is 6.15. The molecule has 6 N–H and O–H groups in total. The molecule has 1 heterocycles. The van der Waals surface area contributed by atoms with E-state index in [-0.39, 0.29) is 47.5 Å². The number of nitrogens with zero attached hydrogens (tertiary/aromatic N) is 2. The Morgan fingerprint density at radius 2 is 1.85 bits per heavy atom. The van der Waals surface area contributed by atoms with Crippen molar-refractivity contribution >= 4 is 29.0 Å². The van der Waals surface area contributed by atoms with Gasteiger partial charge in [0.15, 0.2) is 17.2 Å². The molecule has 0 bridgehead atoms. The number of aliphatic hydroxyl groups excluding tert-OH is 2. The summed E-state index contributed by atoms with van der Waals surface area (Å²) in [5.41, 5.74) is 2.42. The van der Waals surface area contributed by atoms with Crippen molar-refractivity contribution in [3.63, 3.8) is 0 Å². The lowest BCUT2D eigenvalue weighted by Gasteiger charge is -2.50. The number of ketones is 3. The summed E-state index contributed by atoms with van der Waals surface area (Å²) in [7, 11) is 3.06. The molecule has 5 rings (SSSR count). The second-order valence-electron chi connectivity index (χ2n) is 10.4. The van der Waals surface area contributed by atoms with Gasteiger partial charge in [0.2, 0.25) is 5.78 Å². The predicted molar refractivity (Wildman–Crippen MR) is 137 cm³/mol. The summed E-state index contributed by atoms with van der Waals surface area (Å²) in [4.78, 5) is 58.0. The van der Waals surface area contributed by atoms with E-state index in [1.54, 1.807) is 24.4 Å². The van der Waals surface area contributed by atoms with Crippen LogP contribution in [0.15, 0.2) is 53.4 Å². The lowest BCUT2D eigenvalue weighted by Crippen LogP contribution is -2.65. The van der Waals surface area contributed by atoms with Crippen LogP contribution in [-0.2, 0) is 27.2 Å². The topological polar surface area (TPSA) is 191 Å². The number of fused-ring (bicyclic) bond motifs is 3. The molecule has 0 aliphatic heterocycles. The third kappa shape index (κ3) is 3.76. The highest BCUT2D eigenvalue weighted by Gasteiger charge is 2.64. The van der Waals surface area contributed by atoms with Gasteiger partial charge in [-0.3, -0.25) is 29.1 Å². The third-order valence-electron chi connectivity index (χ3n) is 7.97. The van der Waals surface area contributed by atoms with Gasteiger partial charge in [-0.05, 0) is 62.7 Å². The SMILES string of the molecule is CN(C)[C@@H]1C(=O)C(C(N)=O)=C(O)[C@@]2(O)C(=O)C3=C(O)c4c(O)ccc(C(=O)Cc5ccccn5)c4C[C@H]3C[C@@H]12. The van der Waals surface area contributed by atoms with Gasteiger partial charge in [0, 0.05) is 28.9 Å². The second kappa shape index (κ2) is 9.14. The number of carbonyl (C=O) groups is 4. The highest BCUT2D eigenvalue weighted by Crippen LogP contribution is 2.53. The molecule has 3 aliphatic carbocycles. The number of carbonyl (C=O) groups excluding carboxylic acids is 4. The van der Waals surface area contributed by atoms with Gasteiger partial charge in [-0.15, -0.1) is 0 Å². The number of hydrogen-bond donors (Lipinski definition) is 5. The van der Waals surface area contributed by atoms with Gasteiger partial charge < -0.3 is 26.2 Å². The van der Waals surface area contributed by atoms with Crippen LogP contribution in [-0.4, -0.2) is 79.3 Å². The molecule has 1 saturated carbocycles. The first-order valence-electron chi connectivity index (χ1n) is 12.3. The fourth-order valence-electron chi connectivity index (χ4n) is 6.27. The summed E-state index contributed by atoms with van der Waals surface area (Å²) in [5.74, 6) is -7.68. The van der Waals surface area contributed by atoms with Crippen molar-refractivity contribution in [2.45, 2.75) is 30.9 Å². The zero-order valence-corrected chi connectivity index (χ0v) is 21.2. The second-order valence-corrected chi connectivity index (χ2v) is 10.4. The van der Waals surface area contributed by atoms with Crippen molar-refractivity contribution < 1.29 is 39.6 Å². The minimum atomic E-state index is -2.72. The van der Waals surface area contributed by atoms with Gasteiger partial charge in [0.25, 0.3) is 5.91 Å². The van der Waals surface area contributed by atoms with Crippen LogP contribution in [0.2, 0.25) is 0 Å². The van der Waals surface area contributed by atoms with Gasteiger partial charge in [-0.2, -0.15) is 0 Å². The molecule has 11 nitrogen and oxygen atoms in total. The van der Waals surface area contributed by atoms with Gasteiger partial charge in [0.1, 0.15) is 22.8 Å². The molecule has 3 aliphatic rings. The molecule has 1 amide bonds. The Hall–Kier alpha value is -4.35. The smallest absolute Gasteiger partial charge is 0.255 e. The number of rotatable bonds is 5. The Morgan fingerprint density at radius 1 is 1.13 bits per heavy atom. The fraction of sp³-hybridized carbons (Fsp3) is 0.321. The van der Waals surface area contributed by atoms with Crippen LogP contribution in [0.4, 0.5) is 0 Å². The largest absolute Gasteiger partial charge is 0.508 e. The quantitative estimate of drug-likeness (QED) is 0.271. The van der Waals surface area contributed by atoms with Crippen molar-refractivity contribution in [2.75, 3.05) is 14.1 Å². The van der Waals surface area contributed by atoms with E-state index in [4.69, 9.17) is 5.73 Å². The van der Waals surface area contributed by atoms with Crippen molar-refractivity contribution in [3.05, 3.63) is 75.8 Å². The number of Topliss-reactive ketones (excluding diaryl/α,β-unsaturated/α-hetero) is 3. The summed E-state index contributed by atoms with van der Waals surface area (Å²) in [5, 5.41) is 44.5. The molecule has 0 unspecified atom stereocenters. The lowest BCUT2D eigenvalue weighted by atomic mass is 9.57. The molecule has 2 aromatic rings. The van der Waals surface area contributed by atoms with Crippen LogP contribution in [0.3, 0.4) is 0 Å². The highest BCUT2D eigenvalue weighted by molar-refractivity contribution is 6.24. The number of aliphatic hydroxyl groups is 3. The van der Waals surface area contributed by atoms with E-state index in [0.29, 0.717) is 11.3 Å². The number of primary amides is 1. The molecule has 0 saturated heterocycles. The molecule has 0 spiro atoms. The minimum Gasteiger partial charge on any atom is -0.508 e. The number of phenolic OH excluding ortho intramolecular Hbond substituents is 1. The van der Waals surface area contributed by atoms with Crippen LogP contribution < -0.4 is 5.73 Å². The summed E-state index contributed by atoms with van der Waals surface area (Å²) < 4.78 is 0. The van der Waals surface area contributed by atoms with Gasteiger partial charge in [0.05, 0.1) is 18.0 Å². The van der Waals surface area contributed by atoms with E-state index < -0.39 is 58.0 Å². The van der Waals surface area contributed by atoms with Crippen molar-refractivity contribution in [1.82, 2.24) is 9.88 Å². The number of aromatic hydroxyl groups is 1. The van der Waals surface area contributed by atoms with Crippen LogP contribution >= 0.6 is 0 Å². The summed E-state index contributed by atoms with van der Waals surface area (Å²) in [6, 6.07) is 6.66. The number of aromatic nitrogens is 1. The summed E-state index contributed by atoms with van der Waals surface area (Å²) in [6.45, 7) is 0. The van der Waals surface area contributed by atoms with Crippen molar-refractivity contribution in [1.29, 1.82) is 0 Å². The number of pyridine rings is 1. The number of benzene rings is 1. The molecule has 11 heteroatoms. The zero-order chi connectivity index (χ0) is 28.4. The van der Waals surface area contributed by atoms with Crippen molar-refractivity contribution in [3.8, 4) is 5.75 Å². The average molecular weight is 534 g/mol. The molecule has 39 heavy (non-hydrogen) atoms. The van der Waals surface area contributed by atoms with Gasteiger partial charge in [-0.1, -0.05) is 6.07 Å². The Bertz CT molecular complexity index is 1510. The first kappa shape index (κ1) is 26.3. The maximum Gasteiger partial charge on any atom is 0.255 e. The number of nitrogens with two attached hydrogens (primary N) is 1. The monoisotopic (exact) mass is 533 g/mol. The zero-order valence-electron chi connectivity index (χ0n) is 21.2. The van der Waals surface area contributed by atoms with Gasteiger partial charge >= 0.3 is 0 Å². The van der Waals surface area contributed by atoms with Crippen LogP contribution in [0, 0.1) is 11.8 Å². The molecule has 1 aromatic carbocycles. The standard InChI is InChI=1S/C28H27N3O8/c1-31(2)22-16-10-12-9-15-14(18(33)11-13-5-3-4-8-30-13)6-7-17(32)20(15)23(34)19(12)25(36)28(16,39)26(37)21(24(22)35)27(29)38/h3-8,12,16,22,32,34,37,39H,9-11H2,1-2H3,(H2,29,38)/t12-,16-,22-,28-/m0/s1. The number of likely N-dealkylation sites (N-methyl/N-ethyl adjacent to an activating group) is 1. The molecule has 4 atom stereocenters. The molecule has 1 fully saturated rings. The van der Waals surface area contributed by atoms with E-state index >= 15 is 0 Å². The van der Waals surface area contributed by atoms with E-state index in [2.05, 4.69) is 4.98 Å². The molecular weight excluding hydrogens is 506 g/mol. The normalized spacial score (nSPS) is 26.3. The molecule has 202 valence electrons. The molecule has 1 aromatic heterocycles. The lowest BCUT2D eigenvalue weighted by molar-refractivity contribution is -0.153. The number of hydrogen-bond acceptors (Lipinski definition) is 10. The van der Waals surface area contributed by atoms with Gasteiger partial charge in [-0.25, -0.2) is 0 Å². The van der Waals surface area contributed by atoms with E-state index in [0.717, 1.165) is 0 Å². The molecule has 0 radical (unpaired) electrons. The Balaban J connectivity index is 1.66.